The van der Waals surface area contributed by atoms with Crippen LogP contribution >= 0.6 is 0 Å². The monoisotopic (exact) mass is 240 g/mol. The van der Waals surface area contributed by atoms with Crippen molar-refractivity contribution in [3.05, 3.63) is 0 Å². The molecule has 2 saturated carbocycles. The minimum absolute atomic E-state index is 0.149. The Morgan fingerprint density at radius 2 is 2.06 bits per heavy atom. The molecule has 2 rings (SSSR count). The van der Waals surface area contributed by atoms with Crippen LogP contribution in [-0.4, -0.2) is 47.2 Å². The van der Waals surface area contributed by atoms with Crippen molar-refractivity contribution >= 4 is 5.91 Å². The predicted octanol–water partition coefficient (Wildman–Crippen LogP) is 0.892. The quantitative estimate of drug-likeness (QED) is 0.725. The van der Waals surface area contributed by atoms with Gasteiger partial charge >= 0.3 is 0 Å². The van der Waals surface area contributed by atoms with Crippen molar-refractivity contribution in [1.82, 2.24) is 10.2 Å². The van der Waals surface area contributed by atoms with E-state index in [-0.39, 0.29) is 18.1 Å². The van der Waals surface area contributed by atoms with E-state index in [1.165, 1.54) is 0 Å². The summed E-state index contributed by atoms with van der Waals surface area (Å²) in [6.07, 6.45) is 6.61. The molecular formula is C13H24N2O2. The number of nitrogens with one attached hydrogen (secondary N) is 1. The number of carbonyl (C=O) groups is 1. The fraction of sp³-hybridized carbons (Fsp3) is 0.923. The van der Waals surface area contributed by atoms with Gasteiger partial charge in [0.05, 0.1) is 13.2 Å². The van der Waals surface area contributed by atoms with Crippen molar-refractivity contribution in [2.45, 2.75) is 57.0 Å². The number of carbonyl (C=O) groups excluding carboxylic acids is 1. The van der Waals surface area contributed by atoms with E-state index >= 15 is 0 Å². The molecule has 0 bridgehead atoms. The fourth-order valence-electron chi connectivity index (χ4n) is 2.83. The first-order valence-corrected chi connectivity index (χ1v) is 6.86. The number of rotatable bonds is 6. The summed E-state index contributed by atoms with van der Waals surface area (Å²) in [6.45, 7) is 3.37. The van der Waals surface area contributed by atoms with Crippen molar-refractivity contribution in [2.24, 2.45) is 0 Å². The van der Waals surface area contributed by atoms with Gasteiger partial charge in [-0.3, -0.25) is 4.79 Å². The van der Waals surface area contributed by atoms with Gasteiger partial charge in [0, 0.05) is 18.1 Å². The first-order chi connectivity index (χ1) is 8.21. The lowest BCUT2D eigenvalue weighted by Crippen LogP contribution is -2.51. The zero-order valence-corrected chi connectivity index (χ0v) is 10.7. The van der Waals surface area contributed by atoms with Crippen LogP contribution < -0.4 is 5.32 Å². The molecule has 1 amide bonds. The molecule has 0 saturated heterocycles. The van der Waals surface area contributed by atoms with Crippen LogP contribution in [0.4, 0.5) is 0 Å². The second-order valence-corrected chi connectivity index (χ2v) is 5.41. The van der Waals surface area contributed by atoms with E-state index in [1.807, 2.05) is 11.8 Å². The average Bonchev–Trinajstić information content (AvgIpc) is 3.06. The number of aliphatic hydroxyl groups excluding tert-OH is 1. The Morgan fingerprint density at radius 3 is 2.53 bits per heavy atom. The van der Waals surface area contributed by atoms with Crippen LogP contribution in [-0.2, 0) is 4.79 Å². The number of hydrogen-bond donors (Lipinski definition) is 2. The molecule has 0 aromatic heterocycles. The number of aliphatic hydroxyl groups is 1. The molecule has 2 aliphatic carbocycles. The van der Waals surface area contributed by atoms with Crippen LogP contribution in [0.1, 0.15) is 45.4 Å². The summed E-state index contributed by atoms with van der Waals surface area (Å²) >= 11 is 0. The maximum atomic E-state index is 12.1. The molecule has 2 fully saturated rings. The highest BCUT2D eigenvalue weighted by Gasteiger charge is 2.35. The molecule has 0 heterocycles. The molecule has 0 aliphatic heterocycles. The summed E-state index contributed by atoms with van der Waals surface area (Å²) in [5.41, 5.74) is -0.182. The smallest absolute Gasteiger partial charge is 0.236 e. The van der Waals surface area contributed by atoms with Gasteiger partial charge in [0.15, 0.2) is 0 Å². The van der Waals surface area contributed by atoms with Crippen LogP contribution in [0.2, 0.25) is 0 Å². The van der Waals surface area contributed by atoms with Crippen LogP contribution in [0.5, 0.6) is 0 Å². The van der Waals surface area contributed by atoms with Gasteiger partial charge < -0.3 is 15.3 Å². The highest BCUT2D eigenvalue weighted by Crippen LogP contribution is 2.29. The summed E-state index contributed by atoms with van der Waals surface area (Å²) in [6, 6.07) is 0.489. The molecule has 4 heteroatoms. The molecule has 98 valence electrons. The molecule has 4 nitrogen and oxygen atoms in total. The summed E-state index contributed by atoms with van der Waals surface area (Å²) in [5.74, 6) is 0.190. The fourth-order valence-corrected chi connectivity index (χ4v) is 2.83. The molecule has 0 aromatic carbocycles. The lowest BCUT2D eigenvalue weighted by atomic mass is 9.99. The van der Waals surface area contributed by atoms with E-state index in [2.05, 4.69) is 5.32 Å². The first-order valence-electron chi connectivity index (χ1n) is 6.86. The average molecular weight is 240 g/mol. The lowest BCUT2D eigenvalue weighted by molar-refractivity contribution is -0.131. The summed E-state index contributed by atoms with van der Waals surface area (Å²) in [7, 11) is 0. The Labute approximate surface area is 103 Å². The van der Waals surface area contributed by atoms with Gasteiger partial charge in [-0.15, -0.1) is 0 Å². The SMILES string of the molecule is CCN(C(=O)CNC1(CO)CCCC1)C1CC1. The van der Waals surface area contributed by atoms with Crippen molar-refractivity contribution in [1.29, 1.82) is 0 Å². The third-order valence-electron chi connectivity index (χ3n) is 4.13. The molecule has 2 aliphatic rings. The highest BCUT2D eigenvalue weighted by atomic mass is 16.3. The molecule has 17 heavy (non-hydrogen) atoms. The maximum Gasteiger partial charge on any atom is 0.236 e. The zero-order valence-electron chi connectivity index (χ0n) is 10.7. The standard InChI is InChI=1S/C13H24N2O2/c1-2-15(11-5-6-11)12(17)9-14-13(10-16)7-3-4-8-13/h11,14,16H,2-10H2,1H3. The van der Waals surface area contributed by atoms with Crippen molar-refractivity contribution < 1.29 is 9.90 Å². The number of likely N-dealkylation sites (N-methyl/N-ethyl adjacent to an activating group) is 1. The Morgan fingerprint density at radius 1 is 1.41 bits per heavy atom. The van der Waals surface area contributed by atoms with Gasteiger partial charge in [0.25, 0.3) is 0 Å². The minimum atomic E-state index is -0.182. The third kappa shape index (κ3) is 2.99. The highest BCUT2D eigenvalue weighted by molar-refractivity contribution is 5.79. The van der Waals surface area contributed by atoms with E-state index in [1.54, 1.807) is 0 Å². The molecule has 0 unspecified atom stereocenters. The Hall–Kier alpha value is -0.610. The number of nitrogens with zero attached hydrogens (tertiary/aromatic N) is 1. The van der Waals surface area contributed by atoms with E-state index in [9.17, 15) is 9.90 Å². The van der Waals surface area contributed by atoms with Gasteiger partial charge in [-0.05, 0) is 32.6 Å². The second-order valence-electron chi connectivity index (χ2n) is 5.41. The molecule has 0 aromatic rings. The van der Waals surface area contributed by atoms with Crippen LogP contribution in [0, 0.1) is 0 Å². The van der Waals surface area contributed by atoms with Gasteiger partial charge in [0.1, 0.15) is 0 Å². The summed E-state index contributed by atoms with van der Waals surface area (Å²) in [5, 5.41) is 12.8. The second kappa shape index (κ2) is 5.36. The van der Waals surface area contributed by atoms with E-state index in [0.717, 1.165) is 45.1 Å². The maximum absolute atomic E-state index is 12.1. The minimum Gasteiger partial charge on any atom is -0.394 e. The molecule has 2 N–H and O–H groups in total. The normalized spacial score (nSPS) is 22.7. The first kappa shape index (κ1) is 12.8. The largest absolute Gasteiger partial charge is 0.394 e. The zero-order chi connectivity index (χ0) is 12.3. The summed E-state index contributed by atoms with van der Waals surface area (Å²) < 4.78 is 0. The van der Waals surface area contributed by atoms with E-state index < -0.39 is 0 Å². The number of amides is 1. The van der Waals surface area contributed by atoms with E-state index in [4.69, 9.17) is 0 Å². The topological polar surface area (TPSA) is 52.6 Å². The van der Waals surface area contributed by atoms with Crippen LogP contribution in [0.3, 0.4) is 0 Å². The Balaban J connectivity index is 1.81. The molecular weight excluding hydrogens is 216 g/mol. The van der Waals surface area contributed by atoms with Gasteiger partial charge in [-0.1, -0.05) is 12.8 Å². The van der Waals surface area contributed by atoms with Gasteiger partial charge in [-0.2, -0.15) is 0 Å². The Kier molecular flexibility index (Phi) is 4.05. The van der Waals surface area contributed by atoms with Gasteiger partial charge in [-0.25, -0.2) is 0 Å². The van der Waals surface area contributed by atoms with Gasteiger partial charge in [0.2, 0.25) is 5.91 Å². The molecule has 0 spiro atoms. The molecule has 0 atom stereocenters. The van der Waals surface area contributed by atoms with Crippen molar-refractivity contribution in [3.8, 4) is 0 Å². The Bertz CT molecular complexity index is 271. The third-order valence-corrected chi connectivity index (χ3v) is 4.13. The number of hydrogen-bond acceptors (Lipinski definition) is 3. The van der Waals surface area contributed by atoms with Crippen molar-refractivity contribution in [2.75, 3.05) is 19.7 Å². The van der Waals surface area contributed by atoms with E-state index in [0.29, 0.717) is 12.6 Å². The predicted molar refractivity (Wildman–Crippen MR) is 66.7 cm³/mol. The van der Waals surface area contributed by atoms with Crippen molar-refractivity contribution in [3.63, 3.8) is 0 Å². The van der Waals surface area contributed by atoms with Crippen LogP contribution in [0.25, 0.3) is 0 Å². The molecule has 0 radical (unpaired) electrons. The van der Waals surface area contributed by atoms with Crippen LogP contribution in [0.15, 0.2) is 0 Å². The summed E-state index contributed by atoms with van der Waals surface area (Å²) in [4.78, 5) is 14.0. The lowest BCUT2D eigenvalue weighted by Gasteiger charge is -2.29.